The number of rotatable bonds is 4. The van der Waals surface area contributed by atoms with E-state index in [4.69, 9.17) is 21.1 Å². The molecule has 0 aliphatic carbocycles. The Morgan fingerprint density at radius 1 is 1.16 bits per heavy atom. The van der Waals surface area contributed by atoms with Crippen molar-refractivity contribution in [2.75, 3.05) is 62.3 Å². The van der Waals surface area contributed by atoms with Crippen molar-refractivity contribution >= 4 is 28.6 Å². The fourth-order valence-electron chi connectivity index (χ4n) is 5.89. The van der Waals surface area contributed by atoms with E-state index in [-0.39, 0.29) is 11.3 Å². The predicted octanol–water partition coefficient (Wildman–Crippen LogP) is 2.60. The number of hydrogen-bond donors (Lipinski definition) is 0. The monoisotopic (exact) mass is 515 g/mol. The zero-order chi connectivity index (χ0) is 26.4. The van der Waals surface area contributed by atoms with Gasteiger partial charge in [0, 0.05) is 57.1 Å². The second-order valence-electron chi connectivity index (χ2n) is 10.3. The van der Waals surface area contributed by atoms with Gasteiger partial charge in [-0.05, 0) is 31.6 Å². The third-order valence-electron chi connectivity index (χ3n) is 7.82. The molecule has 196 valence electrons. The minimum absolute atomic E-state index is 0.000647. The van der Waals surface area contributed by atoms with Crippen molar-refractivity contribution in [1.82, 2.24) is 24.6 Å². The van der Waals surface area contributed by atoms with Crippen LogP contribution in [0.1, 0.15) is 18.9 Å². The van der Waals surface area contributed by atoms with Gasteiger partial charge in [0.15, 0.2) is 5.82 Å². The van der Waals surface area contributed by atoms with Crippen LogP contribution in [0.5, 0.6) is 0 Å². The van der Waals surface area contributed by atoms with Gasteiger partial charge in [-0.2, -0.15) is 10.1 Å². The molecule has 3 aromatic rings. The van der Waals surface area contributed by atoms with Gasteiger partial charge in [-0.15, -0.1) is 6.42 Å². The van der Waals surface area contributed by atoms with Crippen LogP contribution in [0.2, 0.25) is 0 Å². The van der Waals surface area contributed by atoms with E-state index in [2.05, 4.69) is 20.8 Å². The number of aryl methyl sites for hydroxylation is 1. The van der Waals surface area contributed by atoms with E-state index in [1.54, 1.807) is 36.1 Å². The maximum absolute atomic E-state index is 15.6. The second kappa shape index (κ2) is 9.40. The van der Waals surface area contributed by atoms with E-state index in [1.807, 2.05) is 11.8 Å². The fourth-order valence-corrected chi connectivity index (χ4v) is 5.89. The summed E-state index contributed by atoms with van der Waals surface area (Å²) in [7, 11) is 1.79. The molecule has 1 spiro atoms. The lowest BCUT2D eigenvalue weighted by molar-refractivity contribution is -0.136. The van der Waals surface area contributed by atoms with Crippen LogP contribution in [0.4, 0.5) is 16.2 Å². The lowest BCUT2D eigenvalue weighted by atomic mass is 9.79. The number of carbonyl (C=O) groups is 1. The highest BCUT2D eigenvalue weighted by atomic mass is 19.1. The highest BCUT2D eigenvalue weighted by molar-refractivity contribution is 5.96. The van der Waals surface area contributed by atoms with Gasteiger partial charge < -0.3 is 19.4 Å². The number of aromatic nitrogens is 4. The first-order chi connectivity index (χ1) is 18.4. The summed E-state index contributed by atoms with van der Waals surface area (Å²) in [5.74, 6) is 3.57. The largest absolute Gasteiger partial charge is 0.378 e. The van der Waals surface area contributed by atoms with Gasteiger partial charge in [0.25, 0.3) is 0 Å². The van der Waals surface area contributed by atoms with Gasteiger partial charge in [0.05, 0.1) is 41.7 Å². The van der Waals surface area contributed by atoms with Crippen LogP contribution in [0.15, 0.2) is 30.5 Å². The summed E-state index contributed by atoms with van der Waals surface area (Å²) < 4.78 is 22.8. The molecule has 1 amide bonds. The lowest BCUT2D eigenvalue weighted by Gasteiger charge is -2.47. The average molecular weight is 516 g/mol. The number of halogens is 1. The number of nitrogens with zero attached hydrogens (tertiary/aromatic N) is 7. The molecule has 0 atom stereocenters. The van der Waals surface area contributed by atoms with Crippen LogP contribution >= 0.6 is 0 Å². The summed E-state index contributed by atoms with van der Waals surface area (Å²) in [6.07, 6.45) is 12.1. The van der Waals surface area contributed by atoms with E-state index < -0.39 is 5.82 Å². The molecular formula is C28H30FN7O2. The van der Waals surface area contributed by atoms with Crippen molar-refractivity contribution in [1.29, 1.82) is 0 Å². The van der Waals surface area contributed by atoms with Crippen LogP contribution in [0.25, 0.3) is 22.2 Å². The first-order valence-corrected chi connectivity index (χ1v) is 12.9. The normalized spacial score (nSPS) is 18.9. The molecule has 6 rings (SSSR count). The van der Waals surface area contributed by atoms with Gasteiger partial charge in [0.2, 0.25) is 11.9 Å². The number of carbonyl (C=O) groups excluding carboxylic acids is 1. The smallest absolute Gasteiger partial charge is 0.246 e. The molecule has 3 aliphatic heterocycles. The molecule has 3 aliphatic rings. The van der Waals surface area contributed by atoms with Gasteiger partial charge >= 0.3 is 0 Å². The van der Waals surface area contributed by atoms with Crippen LogP contribution < -0.4 is 9.80 Å². The summed E-state index contributed by atoms with van der Waals surface area (Å²) in [5, 5.41) is 5.15. The minimum Gasteiger partial charge on any atom is -0.378 e. The highest BCUT2D eigenvalue weighted by Crippen LogP contribution is 2.43. The van der Waals surface area contributed by atoms with Gasteiger partial charge in [-0.1, -0.05) is 12.0 Å². The zero-order valence-corrected chi connectivity index (χ0v) is 21.7. The number of amides is 1. The molecule has 5 heterocycles. The molecule has 1 aromatic carbocycles. The number of fused-ring (bicyclic) bond motifs is 1. The lowest BCUT2D eigenvalue weighted by Crippen LogP contribution is -2.59. The summed E-state index contributed by atoms with van der Waals surface area (Å²) in [5.41, 5.74) is 1.82. The standard InChI is InChI=1S/C28H30FN7O2/c1-4-6-22(37)36-17-28(18-36)9-10-35(16-28)26-20(5-2)24(31-27(32-26)34-11-13-38-14-12-34)23-21(29)8-7-19-15-30-33(3)25(19)23/h2,4,6-8,15H,9-14,16-18H2,1,3H3/b6-4-. The second-order valence-corrected chi connectivity index (χ2v) is 10.3. The van der Waals surface area contributed by atoms with Crippen LogP contribution in [-0.4, -0.2) is 83.0 Å². The van der Waals surface area contributed by atoms with Gasteiger partial charge in [-0.3, -0.25) is 9.48 Å². The van der Waals surface area contributed by atoms with Crippen molar-refractivity contribution in [2.45, 2.75) is 13.3 Å². The van der Waals surface area contributed by atoms with Crippen molar-refractivity contribution < 1.29 is 13.9 Å². The SMILES string of the molecule is C#Cc1c(-c2c(F)ccc3cnn(C)c23)nc(N2CCOCC2)nc1N1CCC2(CN(C(=O)/C=C\C)C2)C1. The fraction of sp³-hybridized carbons (Fsp3) is 0.429. The summed E-state index contributed by atoms with van der Waals surface area (Å²) in [6, 6.07) is 3.15. The van der Waals surface area contributed by atoms with E-state index in [0.717, 1.165) is 24.9 Å². The number of morpholine rings is 1. The van der Waals surface area contributed by atoms with E-state index in [1.165, 1.54) is 6.07 Å². The number of hydrogen-bond acceptors (Lipinski definition) is 7. The number of anilines is 2. The van der Waals surface area contributed by atoms with Crippen molar-refractivity contribution in [3.63, 3.8) is 0 Å². The number of ether oxygens (including phenoxy) is 1. The first-order valence-electron chi connectivity index (χ1n) is 12.9. The summed E-state index contributed by atoms with van der Waals surface area (Å²) in [4.78, 5) is 28.3. The average Bonchev–Trinajstić information content (AvgIpc) is 3.52. The van der Waals surface area contributed by atoms with Crippen LogP contribution in [0, 0.1) is 23.6 Å². The Morgan fingerprint density at radius 3 is 2.68 bits per heavy atom. The molecule has 10 heteroatoms. The Bertz CT molecular complexity index is 1480. The first kappa shape index (κ1) is 24.4. The molecule has 0 N–H and O–H groups in total. The Morgan fingerprint density at radius 2 is 1.95 bits per heavy atom. The molecular weight excluding hydrogens is 485 g/mol. The van der Waals surface area contributed by atoms with E-state index in [0.29, 0.717) is 73.5 Å². The minimum atomic E-state index is -0.412. The van der Waals surface area contributed by atoms with E-state index >= 15 is 4.39 Å². The van der Waals surface area contributed by atoms with Crippen molar-refractivity contribution in [3.05, 3.63) is 41.9 Å². The Balaban J connectivity index is 1.44. The van der Waals surface area contributed by atoms with Crippen molar-refractivity contribution in [3.8, 4) is 23.6 Å². The summed E-state index contributed by atoms with van der Waals surface area (Å²) in [6.45, 7) is 7.14. The third-order valence-corrected chi connectivity index (χ3v) is 7.82. The number of benzene rings is 1. The van der Waals surface area contributed by atoms with Crippen molar-refractivity contribution in [2.24, 2.45) is 12.5 Å². The van der Waals surface area contributed by atoms with Crippen LogP contribution in [-0.2, 0) is 16.6 Å². The molecule has 2 aromatic heterocycles. The number of terminal acetylenes is 1. The molecule has 0 saturated carbocycles. The molecule has 0 unspecified atom stereocenters. The Kier molecular flexibility index (Phi) is 6.03. The maximum Gasteiger partial charge on any atom is 0.246 e. The predicted molar refractivity (Wildman–Crippen MR) is 143 cm³/mol. The third kappa shape index (κ3) is 3.98. The van der Waals surface area contributed by atoms with Crippen LogP contribution in [0.3, 0.4) is 0 Å². The topological polar surface area (TPSA) is 79.6 Å². The maximum atomic E-state index is 15.6. The molecule has 3 fully saturated rings. The van der Waals surface area contributed by atoms with Gasteiger partial charge in [-0.25, -0.2) is 9.37 Å². The zero-order valence-electron chi connectivity index (χ0n) is 21.7. The molecule has 0 bridgehead atoms. The number of likely N-dealkylation sites (tertiary alicyclic amines) is 1. The number of allylic oxidation sites excluding steroid dienone is 1. The summed E-state index contributed by atoms with van der Waals surface area (Å²) >= 11 is 0. The van der Waals surface area contributed by atoms with E-state index in [9.17, 15) is 4.79 Å². The molecule has 9 nitrogen and oxygen atoms in total. The molecule has 3 saturated heterocycles. The Labute approximate surface area is 220 Å². The molecule has 38 heavy (non-hydrogen) atoms. The quantitative estimate of drug-likeness (QED) is 0.390. The highest BCUT2D eigenvalue weighted by Gasteiger charge is 2.49. The Hall–Kier alpha value is -3.97. The molecule has 0 radical (unpaired) electrons. The van der Waals surface area contributed by atoms with Gasteiger partial charge in [0.1, 0.15) is 5.82 Å².